The zero-order chi connectivity index (χ0) is 8.77. The maximum Gasteiger partial charge on any atom is 0.449 e. The van der Waals surface area contributed by atoms with Crippen LogP contribution < -0.4 is 0 Å². The smallest absolute Gasteiger partial charge is 0.449 e. The van der Waals surface area contributed by atoms with Gasteiger partial charge in [-0.3, -0.25) is 0 Å². The molecule has 0 saturated carbocycles. The maximum atomic E-state index is 12.0. The molecule has 0 radical (unpaired) electrons. The van der Waals surface area contributed by atoms with Gasteiger partial charge in [-0.05, 0) is 12.1 Å². The summed E-state index contributed by atoms with van der Waals surface area (Å²) in [6.07, 6.45) is -4.66. The fourth-order valence-electron chi connectivity index (χ4n) is 0.891. The third kappa shape index (κ3) is 1.32. The van der Waals surface area contributed by atoms with Crippen molar-refractivity contribution in [3.63, 3.8) is 0 Å². The van der Waals surface area contributed by atoms with Crippen molar-refractivity contribution in [2.75, 3.05) is 6.61 Å². The van der Waals surface area contributed by atoms with E-state index in [0.717, 1.165) is 6.07 Å². The number of ether oxygens (including phenoxy) is 1. The number of hydrogen-bond acceptors (Lipinski definition) is 2. The van der Waals surface area contributed by atoms with Crippen LogP contribution in [0.5, 0.6) is 0 Å². The summed E-state index contributed by atoms with van der Waals surface area (Å²) in [7, 11) is 0. The van der Waals surface area contributed by atoms with Crippen LogP contribution in [-0.2, 0) is 10.9 Å². The Morgan fingerprint density at radius 1 is 1.33 bits per heavy atom. The first kappa shape index (κ1) is 7.67. The molecule has 1 atom stereocenters. The van der Waals surface area contributed by atoms with Crippen molar-refractivity contribution >= 4 is 0 Å². The van der Waals surface area contributed by atoms with Crippen molar-refractivity contribution in [1.29, 1.82) is 0 Å². The quantitative estimate of drug-likeness (QED) is 0.617. The van der Waals surface area contributed by atoms with Gasteiger partial charge in [0, 0.05) is 0 Å². The van der Waals surface area contributed by atoms with E-state index in [1.165, 1.54) is 6.07 Å². The number of furan rings is 1. The van der Waals surface area contributed by atoms with Crippen LogP contribution in [0, 0.1) is 0 Å². The molecule has 0 bridgehead atoms. The van der Waals surface area contributed by atoms with Crippen molar-refractivity contribution in [1.82, 2.24) is 0 Å². The molecule has 0 amide bonds. The summed E-state index contributed by atoms with van der Waals surface area (Å²) in [4.78, 5) is 0. The van der Waals surface area contributed by atoms with E-state index in [4.69, 9.17) is 4.74 Å². The molecule has 0 N–H and O–H groups in total. The third-order valence-electron chi connectivity index (χ3n) is 1.56. The predicted octanol–water partition coefficient (Wildman–Crippen LogP) is 2.37. The van der Waals surface area contributed by atoms with Crippen molar-refractivity contribution in [2.24, 2.45) is 0 Å². The zero-order valence-corrected chi connectivity index (χ0v) is 5.89. The van der Waals surface area contributed by atoms with Crippen LogP contribution in [0.3, 0.4) is 0 Å². The van der Waals surface area contributed by atoms with Crippen LogP contribution in [0.15, 0.2) is 16.5 Å². The summed E-state index contributed by atoms with van der Waals surface area (Å²) in [6.45, 7) is 0.449. The first-order valence-electron chi connectivity index (χ1n) is 3.36. The van der Waals surface area contributed by atoms with E-state index < -0.39 is 11.9 Å². The number of alkyl halides is 3. The monoisotopic (exact) mass is 178 g/mol. The van der Waals surface area contributed by atoms with Gasteiger partial charge in [0.05, 0.1) is 6.61 Å². The Hall–Kier alpha value is -0.970. The molecule has 1 aromatic heterocycles. The van der Waals surface area contributed by atoms with E-state index in [0.29, 0.717) is 6.61 Å². The van der Waals surface area contributed by atoms with Gasteiger partial charge in [-0.15, -0.1) is 0 Å². The highest BCUT2D eigenvalue weighted by atomic mass is 19.4. The average Bonchev–Trinajstić information content (AvgIpc) is 2.66. The molecule has 0 spiro atoms. The van der Waals surface area contributed by atoms with E-state index in [2.05, 4.69) is 4.42 Å². The zero-order valence-electron chi connectivity index (χ0n) is 5.89. The average molecular weight is 178 g/mol. The van der Waals surface area contributed by atoms with Crippen LogP contribution in [0.4, 0.5) is 13.2 Å². The lowest BCUT2D eigenvalue weighted by Crippen LogP contribution is -2.02. The van der Waals surface area contributed by atoms with Gasteiger partial charge in [-0.25, -0.2) is 0 Å². The van der Waals surface area contributed by atoms with Gasteiger partial charge in [0.25, 0.3) is 0 Å². The molecule has 0 unspecified atom stereocenters. The lowest BCUT2D eigenvalue weighted by molar-refractivity contribution is -0.153. The molecule has 0 aromatic carbocycles. The normalized spacial score (nSPS) is 22.8. The van der Waals surface area contributed by atoms with Crippen LogP contribution in [0.25, 0.3) is 0 Å². The molecular formula is C7H5F3O2. The summed E-state index contributed by atoms with van der Waals surface area (Å²) >= 11 is 0. The van der Waals surface area contributed by atoms with E-state index in [1.54, 1.807) is 0 Å². The molecular weight excluding hydrogens is 173 g/mol. The van der Waals surface area contributed by atoms with E-state index in [9.17, 15) is 13.2 Å². The molecule has 66 valence electrons. The standard InChI is InChI=1S/C7H5F3O2/c8-7(9,10)6-2-1-4(12-6)5-3-11-5/h1-2,5H,3H2/t5-/m1/s1. The van der Waals surface area contributed by atoms with Gasteiger partial charge in [0.1, 0.15) is 11.9 Å². The summed E-state index contributed by atoms with van der Waals surface area (Å²) in [5, 5.41) is 0. The van der Waals surface area contributed by atoms with Gasteiger partial charge in [0.2, 0.25) is 5.76 Å². The molecule has 1 aliphatic heterocycles. The van der Waals surface area contributed by atoms with E-state index in [1.807, 2.05) is 0 Å². The van der Waals surface area contributed by atoms with Gasteiger partial charge < -0.3 is 9.15 Å². The minimum atomic E-state index is -4.40. The lowest BCUT2D eigenvalue weighted by Gasteiger charge is -1.99. The second kappa shape index (κ2) is 2.26. The van der Waals surface area contributed by atoms with Crippen LogP contribution in [0.1, 0.15) is 17.6 Å². The topological polar surface area (TPSA) is 25.7 Å². The van der Waals surface area contributed by atoms with E-state index in [-0.39, 0.29) is 11.9 Å². The Balaban J connectivity index is 2.23. The molecule has 5 heteroatoms. The Bertz CT molecular complexity index is 285. The van der Waals surface area contributed by atoms with Gasteiger partial charge in [-0.1, -0.05) is 0 Å². The Kier molecular flexibility index (Phi) is 1.44. The van der Waals surface area contributed by atoms with Crippen LogP contribution >= 0.6 is 0 Å². The number of rotatable bonds is 1. The van der Waals surface area contributed by atoms with Crippen LogP contribution in [-0.4, -0.2) is 6.61 Å². The molecule has 2 nitrogen and oxygen atoms in total. The molecule has 1 fully saturated rings. The summed E-state index contributed by atoms with van der Waals surface area (Å²) in [5.74, 6) is -0.713. The summed E-state index contributed by atoms with van der Waals surface area (Å²) in [5.41, 5.74) is 0. The van der Waals surface area contributed by atoms with Gasteiger partial charge >= 0.3 is 6.18 Å². The van der Waals surface area contributed by atoms with Crippen molar-refractivity contribution < 1.29 is 22.3 Å². The minimum absolute atomic E-state index is 0.252. The summed E-state index contributed by atoms with van der Waals surface area (Å²) in [6, 6.07) is 2.21. The number of epoxide rings is 1. The highest BCUT2D eigenvalue weighted by Gasteiger charge is 2.37. The van der Waals surface area contributed by atoms with Crippen molar-refractivity contribution in [3.8, 4) is 0 Å². The third-order valence-corrected chi connectivity index (χ3v) is 1.56. The SMILES string of the molecule is FC(F)(F)c1ccc([C@H]2CO2)o1. The highest BCUT2D eigenvalue weighted by Crippen LogP contribution is 2.36. The maximum absolute atomic E-state index is 12.0. The minimum Gasteiger partial charge on any atom is -0.454 e. The molecule has 12 heavy (non-hydrogen) atoms. The number of hydrogen-bond donors (Lipinski definition) is 0. The molecule has 1 aliphatic rings. The Labute approximate surface area is 65.9 Å². The van der Waals surface area contributed by atoms with Gasteiger partial charge in [-0.2, -0.15) is 13.2 Å². The first-order valence-corrected chi connectivity index (χ1v) is 3.36. The molecule has 2 heterocycles. The molecule has 1 aromatic rings. The van der Waals surface area contributed by atoms with E-state index >= 15 is 0 Å². The molecule has 1 saturated heterocycles. The van der Waals surface area contributed by atoms with Gasteiger partial charge in [0.15, 0.2) is 0 Å². The first-order chi connectivity index (χ1) is 5.57. The largest absolute Gasteiger partial charge is 0.454 e. The second-order valence-corrected chi connectivity index (χ2v) is 2.52. The molecule has 2 rings (SSSR count). The van der Waals surface area contributed by atoms with Crippen molar-refractivity contribution in [2.45, 2.75) is 12.3 Å². The van der Waals surface area contributed by atoms with Crippen LogP contribution in [0.2, 0.25) is 0 Å². The highest BCUT2D eigenvalue weighted by molar-refractivity contribution is 5.13. The lowest BCUT2D eigenvalue weighted by atomic mass is 10.3. The van der Waals surface area contributed by atoms with Crippen molar-refractivity contribution in [3.05, 3.63) is 23.7 Å². The number of halogens is 3. The fourth-order valence-corrected chi connectivity index (χ4v) is 0.891. The molecule has 0 aliphatic carbocycles. The second-order valence-electron chi connectivity index (χ2n) is 2.52. The fraction of sp³-hybridized carbons (Fsp3) is 0.429. The Morgan fingerprint density at radius 2 is 2.00 bits per heavy atom. The summed E-state index contributed by atoms with van der Waals surface area (Å²) < 4.78 is 45.1. The Morgan fingerprint density at radius 3 is 2.42 bits per heavy atom. The predicted molar refractivity (Wildman–Crippen MR) is 32.4 cm³/mol.